The monoisotopic (exact) mass is 412 g/mol. The SMILES string of the molecule is Cc1ccc2nc(NC(=O)[C@H](Cc3ccc(O)cc3)NC(=O)CC(C)C)sc2n1. The van der Waals surface area contributed by atoms with Gasteiger partial charge in [-0.05, 0) is 42.7 Å². The first-order valence-electron chi connectivity index (χ1n) is 9.42. The third kappa shape index (κ3) is 5.74. The van der Waals surface area contributed by atoms with Crippen LogP contribution in [-0.2, 0) is 16.0 Å². The van der Waals surface area contributed by atoms with Gasteiger partial charge < -0.3 is 15.7 Å². The molecule has 3 rings (SSSR count). The van der Waals surface area contributed by atoms with Crippen LogP contribution in [0.15, 0.2) is 36.4 Å². The molecule has 0 saturated carbocycles. The summed E-state index contributed by atoms with van der Waals surface area (Å²) in [7, 11) is 0. The number of benzene rings is 1. The Morgan fingerprint density at radius 2 is 1.83 bits per heavy atom. The molecule has 0 fully saturated rings. The first-order chi connectivity index (χ1) is 13.8. The van der Waals surface area contributed by atoms with E-state index < -0.39 is 6.04 Å². The number of phenolic OH excluding ortho intramolecular Hbond substituents is 1. The number of fused-ring (bicyclic) bond motifs is 1. The van der Waals surface area contributed by atoms with Gasteiger partial charge in [-0.25, -0.2) is 9.97 Å². The van der Waals surface area contributed by atoms with Crippen molar-refractivity contribution in [1.29, 1.82) is 0 Å². The van der Waals surface area contributed by atoms with Gasteiger partial charge in [0.1, 0.15) is 22.1 Å². The number of carbonyl (C=O) groups is 2. The van der Waals surface area contributed by atoms with Crippen LogP contribution in [0.3, 0.4) is 0 Å². The summed E-state index contributed by atoms with van der Waals surface area (Å²) < 4.78 is 0. The lowest BCUT2D eigenvalue weighted by atomic mass is 10.0. The Labute approximate surface area is 173 Å². The second-order valence-corrected chi connectivity index (χ2v) is 8.35. The van der Waals surface area contributed by atoms with Crippen LogP contribution in [0.1, 0.15) is 31.5 Å². The average molecular weight is 413 g/mol. The van der Waals surface area contributed by atoms with Crippen LogP contribution in [-0.4, -0.2) is 32.9 Å². The van der Waals surface area contributed by atoms with E-state index in [9.17, 15) is 14.7 Å². The van der Waals surface area contributed by atoms with E-state index in [-0.39, 0.29) is 23.5 Å². The maximum absolute atomic E-state index is 12.9. The predicted molar refractivity (Wildman–Crippen MR) is 114 cm³/mol. The smallest absolute Gasteiger partial charge is 0.249 e. The molecule has 0 aliphatic heterocycles. The summed E-state index contributed by atoms with van der Waals surface area (Å²) in [6, 6.07) is 9.55. The highest BCUT2D eigenvalue weighted by Crippen LogP contribution is 2.24. The minimum absolute atomic E-state index is 0.149. The zero-order valence-corrected chi connectivity index (χ0v) is 17.4. The summed E-state index contributed by atoms with van der Waals surface area (Å²) in [6.07, 6.45) is 0.641. The number of aryl methyl sites for hydroxylation is 1. The van der Waals surface area contributed by atoms with E-state index in [0.29, 0.717) is 18.0 Å². The number of nitrogens with zero attached hydrogens (tertiary/aromatic N) is 2. The van der Waals surface area contributed by atoms with Crippen LogP contribution in [0, 0.1) is 12.8 Å². The number of nitrogens with one attached hydrogen (secondary N) is 2. The quantitative estimate of drug-likeness (QED) is 0.552. The third-order valence-corrected chi connectivity index (χ3v) is 5.13. The van der Waals surface area contributed by atoms with E-state index >= 15 is 0 Å². The number of hydrogen-bond donors (Lipinski definition) is 3. The average Bonchev–Trinajstić information content (AvgIpc) is 3.03. The lowest BCUT2D eigenvalue weighted by Gasteiger charge is -2.18. The molecule has 0 spiro atoms. The van der Waals surface area contributed by atoms with Gasteiger partial charge in [-0.1, -0.05) is 37.3 Å². The van der Waals surface area contributed by atoms with Gasteiger partial charge in [-0.3, -0.25) is 9.59 Å². The van der Waals surface area contributed by atoms with E-state index in [1.807, 2.05) is 32.9 Å². The van der Waals surface area contributed by atoms with E-state index in [4.69, 9.17) is 0 Å². The van der Waals surface area contributed by atoms with Crippen LogP contribution in [0.4, 0.5) is 5.13 Å². The molecular formula is C21H24N4O3S. The minimum atomic E-state index is -0.757. The van der Waals surface area contributed by atoms with Gasteiger partial charge in [-0.15, -0.1) is 0 Å². The first-order valence-corrected chi connectivity index (χ1v) is 10.2. The Hall–Kier alpha value is -3.00. The molecule has 0 saturated heterocycles. The molecule has 8 heteroatoms. The number of aromatic nitrogens is 2. The second-order valence-electron chi connectivity index (χ2n) is 7.37. The largest absolute Gasteiger partial charge is 0.508 e. The van der Waals surface area contributed by atoms with Crippen molar-refractivity contribution in [2.45, 2.75) is 39.7 Å². The molecule has 1 atom stereocenters. The number of phenols is 1. The molecule has 29 heavy (non-hydrogen) atoms. The lowest BCUT2D eigenvalue weighted by molar-refractivity contribution is -0.127. The summed E-state index contributed by atoms with van der Waals surface area (Å²) in [6.45, 7) is 5.80. The van der Waals surface area contributed by atoms with Gasteiger partial charge in [0.15, 0.2) is 5.13 Å². The van der Waals surface area contributed by atoms with Crippen LogP contribution >= 0.6 is 11.3 Å². The second kappa shape index (κ2) is 9.00. The Morgan fingerprint density at radius 3 is 2.52 bits per heavy atom. The van der Waals surface area contributed by atoms with Crippen molar-refractivity contribution in [3.05, 3.63) is 47.7 Å². The van der Waals surface area contributed by atoms with Crippen LogP contribution in [0.2, 0.25) is 0 Å². The van der Waals surface area contributed by atoms with Gasteiger partial charge in [0.2, 0.25) is 11.8 Å². The molecule has 0 aliphatic rings. The van der Waals surface area contributed by atoms with Crippen molar-refractivity contribution in [2.24, 2.45) is 5.92 Å². The number of rotatable bonds is 7. The number of amides is 2. The number of hydrogen-bond acceptors (Lipinski definition) is 6. The van der Waals surface area contributed by atoms with E-state index in [2.05, 4.69) is 20.6 Å². The summed E-state index contributed by atoms with van der Waals surface area (Å²) >= 11 is 1.30. The molecule has 0 unspecified atom stereocenters. The Kier molecular flexibility index (Phi) is 6.43. The van der Waals surface area contributed by atoms with Crippen LogP contribution in [0.5, 0.6) is 5.75 Å². The van der Waals surface area contributed by atoms with E-state index in [1.165, 1.54) is 11.3 Å². The molecule has 7 nitrogen and oxygen atoms in total. The molecule has 0 radical (unpaired) electrons. The number of pyridine rings is 1. The Morgan fingerprint density at radius 1 is 1.10 bits per heavy atom. The molecule has 3 N–H and O–H groups in total. The maximum atomic E-state index is 12.9. The van der Waals surface area contributed by atoms with E-state index in [1.54, 1.807) is 24.3 Å². The zero-order chi connectivity index (χ0) is 21.0. The standard InChI is InChI=1S/C21H24N4O3S/c1-12(2)10-18(27)23-17(11-14-5-7-15(26)8-6-14)19(28)25-21-24-16-9-4-13(3)22-20(16)29-21/h4-9,12,17,26H,10-11H2,1-3H3,(H,23,27)(H,24,25,28)/t17-/m0/s1. The van der Waals surface area contributed by atoms with Crippen molar-refractivity contribution in [3.8, 4) is 5.75 Å². The van der Waals surface area contributed by atoms with Gasteiger partial charge in [0, 0.05) is 18.5 Å². The van der Waals surface area contributed by atoms with Crippen molar-refractivity contribution in [3.63, 3.8) is 0 Å². The van der Waals surface area contributed by atoms with Crippen molar-refractivity contribution < 1.29 is 14.7 Å². The van der Waals surface area contributed by atoms with Crippen LogP contribution < -0.4 is 10.6 Å². The molecule has 152 valence electrons. The van der Waals surface area contributed by atoms with Gasteiger partial charge in [0.25, 0.3) is 0 Å². The van der Waals surface area contributed by atoms with Crippen molar-refractivity contribution >= 4 is 38.6 Å². The molecule has 3 aromatic rings. The summed E-state index contributed by atoms with van der Waals surface area (Å²) in [5.74, 6) is -0.187. The molecule has 2 heterocycles. The predicted octanol–water partition coefficient (Wildman–Crippen LogP) is 3.42. The van der Waals surface area contributed by atoms with Gasteiger partial charge in [-0.2, -0.15) is 0 Å². The fourth-order valence-corrected chi connectivity index (χ4v) is 3.74. The van der Waals surface area contributed by atoms with Crippen molar-refractivity contribution in [2.75, 3.05) is 5.32 Å². The third-order valence-electron chi connectivity index (χ3n) is 4.25. The van der Waals surface area contributed by atoms with Crippen molar-refractivity contribution in [1.82, 2.24) is 15.3 Å². The maximum Gasteiger partial charge on any atom is 0.249 e. The fraction of sp³-hybridized carbons (Fsp3) is 0.333. The zero-order valence-electron chi connectivity index (χ0n) is 16.6. The fourth-order valence-electron chi connectivity index (χ4n) is 2.86. The normalized spacial score (nSPS) is 12.1. The minimum Gasteiger partial charge on any atom is -0.508 e. The Balaban J connectivity index is 1.77. The molecule has 2 aromatic heterocycles. The van der Waals surface area contributed by atoms with Gasteiger partial charge >= 0.3 is 0 Å². The lowest BCUT2D eigenvalue weighted by Crippen LogP contribution is -2.45. The number of anilines is 1. The summed E-state index contributed by atoms with van der Waals surface area (Å²) in [4.78, 5) is 34.8. The molecule has 1 aromatic carbocycles. The summed E-state index contributed by atoms with van der Waals surface area (Å²) in [5, 5.41) is 15.5. The molecule has 2 amide bonds. The summed E-state index contributed by atoms with van der Waals surface area (Å²) in [5.41, 5.74) is 2.43. The highest BCUT2D eigenvalue weighted by molar-refractivity contribution is 7.21. The van der Waals surface area contributed by atoms with E-state index in [0.717, 1.165) is 21.6 Å². The number of thiazole rings is 1. The molecule has 0 aliphatic carbocycles. The Bertz CT molecular complexity index is 1010. The van der Waals surface area contributed by atoms with Crippen LogP contribution in [0.25, 0.3) is 10.3 Å². The highest BCUT2D eigenvalue weighted by atomic mass is 32.1. The number of aromatic hydroxyl groups is 1. The molecule has 0 bridgehead atoms. The molecular weight excluding hydrogens is 388 g/mol. The highest BCUT2D eigenvalue weighted by Gasteiger charge is 2.23. The van der Waals surface area contributed by atoms with Gasteiger partial charge in [0.05, 0.1) is 0 Å². The first kappa shape index (κ1) is 20.7. The topological polar surface area (TPSA) is 104 Å². The number of carbonyl (C=O) groups excluding carboxylic acids is 2.